The molecule has 4 heteroatoms. The summed E-state index contributed by atoms with van der Waals surface area (Å²) in [5.41, 5.74) is 5.44. The summed E-state index contributed by atoms with van der Waals surface area (Å²) in [5.74, 6) is 0. The molecule has 0 atom stereocenters. The second-order valence-corrected chi connectivity index (χ2v) is 4.05. The van der Waals surface area contributed by atoms with Crippen LogP contribution in [0.25, 0.3) is 0 Å². The van der Waals surface area contributed by atoms with Crippen LogP contribution < -0.4 is 0 Å². The zero-order chi connectivity index (χ0) is 12.6. The third kappa shape index (κ3) is 16.7. The minimum absolute atomic E-state index is 0. The summed E-state index contributed by atoms with van der Waals surface area (Å²) in [4.78, 5) is 0. The van der Waals surface area contributed by atoms with Crippen molar-refractivity contribution in [2.24, 2.45) is 0 Å². The van der Waals surface area contributed by atoms with Crippen molar-refractivity contribution in [3.63, 3.8) is 0 Å². The van der Waals surface area contributed by atoms with Crippen LogP contribution in [0.2, 0.25) is 0 Å². The Morgan fingerprint density at radius 3 is 1.10 bits per heavy atom. The molecule has 2 rings (SSSR count). The van der Waals surface area contributed by atoms with E-state index in [1.54, 1.807) is 23.3 Å². The van der Waals surface area contributed by atoms with Gasteiger partial charge in [-0.3, -0.25) is 12.2 Å². The minimum atomic E-state index is 0. The van der Waals surface area contributed by atoms with E-state index in [9.17, 15) is 0 Å². The molecule has 0 aromatic carbocycles. The molecule has 2 aliphatic carbocycles. The van der Waals surface area contributed by atoms with Crippen molar-refractivity contribution in [2.75, 3.05) is 0 Å². The number of rotatable bonds is 0. The Hall–Kier alpha value is 0.640. The van der Waals surface area contributed by atoms with E-state index in [1.807, 2.05) is 6.88 Å². The molecule has 0 amide bonds. The van der Waals surface area contributed by atoms with Crippen LogP contribution in [0.5, 0.6) is 0 Å². The van der Waals surface area contributed by atoms with Crippen LogP contribution >= 0.6 is 24.8 Å². The Kier molecular flexibility index (Phi) is 32.0. The molecule has 0 bridgehead atoms. The molecule has 2 aliphatic rings. The van der Waals surface area contributed by atoms with Crippen LogP contribution in [-0.4, -0.2) is 6.88 Å². The van der Waals surface area contributed by atoms with E-state index in [0.29, 0.717) is 0 Å². The second kappa shape index (κ2) is 19.6. The van der Waals surface area contributed by atoms with Gasteiger partial charge in [-0.1, -0.05) is 27.7 Å². The summed E-state index contributed by atoms with van der Waals surface area (Å²) < 4.78 is 0. The first kappa shape index (κ1) is 32.5. The van der Waals surface area contributed by atoms with Crippen molar-refractivity contribution in [1.29, 1.82) is 0 Å². The first-order valence-electron chi connectivity index (χ1n) is 5.42. The van der Waals surface area contributed by atoms with E-state index in [1.165, 1.54) is 22.3 Å². The number of hydrogen-bond donors (Lipinski definition) is 0. The Labute approximate surface area is 156 Å². The third-order valence-electron chi connectivity index (χ3n) is 2.22. The fraction of sp³-hybridized carbons (Fsp3) is 0.375. The van der Waals surface area contributed by atoms with Gasteiger partial charge >= 0.3 is 30.2 Å². The third-order valence-corrected chi connectivity index (χ3v) is 2.22. The standard InChI is InChI=1S/2C7H9.2CH3.2ClH.H2Si.Zr/c2*1-6-3-4-7(2)5-6;;;;;;/h2*5H,3H2,1-2H3;2*1H3;2*1H;1H2;/q4*-1;;;;. The number of halogens is 2. The molecule has 20 heavy (non-hydrogen) atoms. The van der Waals surface area contributed by atoms with Crippen LogP contribution in [0.3, 0.4) is 0 Å². The molecule has 0 radical (unpaired) electrons. The molecular formula is C16H28Cl2SiZr-4. The van der Waals surface area contributed by atoms with Gasteiger partial charge < -0.3 is 14.9 Å². The molecule has 0 unspecified atom stereocenters. The zero-order valence-corrected chi connectivity index (χ0v) is 19.1. The first-order valence-corrected chi connectivity index (χ1v) is 11.3. The summed E-state index contributed by atoms with van der Waals surface area (Å²) in [7, 11) is 0. The fourth-order valence-electron chi connectivity index (χ4n) is 1.50. The predicted octanol–water partition coefficient (Wildman–Crippen LogP) is 5.00. The molecule has 0 nitrogen and oxygen atoms in total. The molecule has 0 saturated heterocycles. The molecule has 0 saturated carbocycles. The second-order valence-electron chi connectivity index (χ2n) is 4.05. The van der Waals surface area contributed by atoms with Crippen LogP contribution in [0.4, 0.5) is 0 Å². The summed E-state index contributed by atoms with van der Waals surface area (Å²) in [6, 6.07) is 0. The molecule has 0 fully saturated rings. The van der Waals surface area contributed by atoms with Gasteiger partial charge in [0, 0.05) is 0 Å². The molecule has 0 aliphatic heterocycles. The number of hydrogen-bond acceptors (Lipinski definition) is 0. The molecule has 118 valence electrons. The van der Waals surface area contributed by atoms with Crippen molar-refractivity contribution in [2.45, 2.75) is 40.5 Å². The van der Waals surface area contributed by atoms with Gasteiger partial charge in [0.15, 0.2) is 0 Å². The van der Waals surface area contributed by atoms with E-state index < -0.39 is 0 Å². The Bertz CT molecular complexity index is 321. The predicted molar refractivity (Wildman–Crippen MR) is 97.5 cm³/mol. The molecular weight excluding hydrogens is 382 g/mol. The van der Waals surface area contributed by atoms with Gasteiger partial charge in [-0.15, -0.1) is 37.7 Å². The van der Waals surface area contributed by atoms with Crippen molar-refractivity contribution >= 4 is 31.7 Å². The molecule has 0 aromatic heterocycles. The van der Waals surface area contributed by atoms with Crippen molar-refractivity contribution in [1.82, 2.24) is 0 Å². The van der Waals surface area contributed by atoms with E-state index in [0.717, 1.165) is 12.8 Å². The van der Waals surface area contributed by atoms with Crippen LogP contribution in [0.1, 0.15) is 40.5 Å². The van der Waals surface area contributed by atoms with Gasteiger partial charge in [-0.05, 0) is 0 Å². The van der Waals surface area contributed by atoms with Crippen LogP contribution in [0, 0.1) is 27.0 Å². The van der Waals surface area contributed by atoms with Gasteiger partial charge in [0.25, 0.3) is 0 Å². The Morgan fingerprint density at radius 2 is 1.05 bits per heavy atom. The zero-order valence-electron chi connectivity index (χ0n) is 13.6. The van der Waals surface area contributed by atoms with Crippen molar-refractivity contribution in [3.05, 3.63) is 61.4 Å². The van der Waals surface area contributed by atoms with E-state index in [-0.39, 0.29) is 39.7 Å². The maximum atomic E-state index is 3.19. The Balaban J connectivity index is -0.0000000566. The van der Waals surface area contributed by atoms with Gasteiger partial charge in [0.1, 0.15) is 0 Å². The van der Waals surface area contributed by atoms with Crippen molar-refractivity contribution in [3.8, 4) is 0 Å². The monoisotopic (exact) mass is 408 g/mol. The van der Waals surface area contributed by atoms with E-state index in [4.69, 9.17) is 0 Å². The van der Waals surface area contributed by atoms with Gasteiger partial charge in [-0.25, -0.2) is 23.3 Å². The fourth-order valence-corrected chi connectivity index (χ4v) is 1.50. The van der Waals surface area contributed by atoms with Crippen LogP contribution in [0.15, 0.2) is 34.4 Å². The SMILES string of the molecule is CC1=[C-]CC(C)=C1.CC1=[C-]CC(C)=C1.Cl.Cl.[CH3-].[CH3-].[SiH2]=[Zr]. The summed E-state index contributed by atoms with van der Waals surface area (Å²) in [6.45, 7) is 10.4. The summed E-state index contributed by atoms with van der Waals surface area (Å²) in [6.07, 6.45) is 12.8. The quantitative estimate of drug-likeness (QED) is 0.390. The normalized spacial score (nSPS) is 13.6. The first-order chi connectivity index (χ1) is 7.58. The van der Waals surface area contributed by atoms with Crippen molar-refractivity contribution < 1.29 is 23.3 Å². The average molecular weight is 411 g/mol. The van der Waals surface area contributed by atoms with Crippen LogP contribution in [-0.2, 0) is 23.3 Å². The van der Waals surface area contributed by atoms with E-state index in [2.05, 4.69) is 52.0 Å². The average Bonchev–Trinajstić information content (AvgIpc) is 2.80. The molecule has 0 spiro atoms. The molecule has 0 aromatic rings. The van der Waals surface area contributed by atoms with Gasteiger partial charge in [0.05, 0.1) is 0 Å². The number of allylic oxidation sites excluding steroid dienone is 8. The summed E-state index contributed by atoms with van der Waals surface area (Å²) >= 11 is 1.58. The maximum absolute atomic E-state index is 3.19. The van der Waals surface area contributed by atoms with Gasteiger partial charge in [-0.2, -0.15) is 11.1 Å². The van der Waals surface area contributed by atoms with Gasteiger partial charge in [0.2, 0.25) is 0 Å². The Morgan fingerprint density at radius 1 is 0.800 bits per heavy atom. The topological polar surface area (TPSA) is 0 Å². The summed E-state index contributed by atoms with van der Waals surface area (Å²) in [5, 5.41) is 0. The molecule has 0 N–H and O–H groups in total. The van der Waals surface area contributed by atoms with E-state index >= 15 is 0 Å². The molecule has 0 heterocycles.